The topological polar surface area (TPSA) is 57.0 Å². The molecule has 0 bridgehead atoms. The van der Waals surface area contributed by atoms with Crippen LogP contribution in [0.2, 0.25) is 0 Å². The van der Waals surface area contributed by atoms with Gasteiger partial charge in [-0.25, -0.2) is 4.57 Å². The molecular formula is C22H13N3O2. The first-order chi connectivity index (χ1) is 13.4. The van der Waals surface area contributed by atoms with E-state index in [-0.39, 0.29) is 0 Å². The lowest BCUT2D eigenvalue weighted by Crippen LogP contribution is -1.95. The molecule has 0 saturated heterocycles. The van der Waals surface area contributed by atoms with Gasteiger partial charge in [0, 0.05) is 16.3 Å². The van der Waals surface area contributed by atoms with Crippen molar-refractivity contribution >= 4 is 33.0 Å². The summed E-state index contributed by atoms with van der Waals surface area (Å²) in [4.78, 5) is 4.62. The third-order valence-electron chi connectivity index (χ3n) is 4.83. The highest BCUT2D eigenvalue weighted by atomic mass is 16.5. The van der Waals surface area contributed by atoms with Gasteiger partial charge in [0.15, 0.2) is 0 Å². The van der Waals surface area contributed by atoms with Crippen LogP contribution in [0.25, 0.3) is 50.4 Å². The first-order valence-corrected chi connectivity index (χ1v) is 8.70. The predicted octanol–water partition coefficient (Wildman–Crippen LogP) is 5.58. The molecule has 5 nitrogen and oxygen atoms in total. The summed E-state index contributed by atoms with van der Waals surface area (Å²) in [6.45, 7) is 0. The lowest BCUT2D eigenvalue weighted by Gasteiger charge is -1.99. The number of rotatable bonds is 2. The molecule has 0 amide bonds. The van der Waals surface area contributed by atoms with E-state index in [4.69, 9.17) is 8.94 Å². The number of furan rings is 1. The van der Waals surface area contributed by atoms with Crippen molar-refractivity contribution in [2.24, 2.45) is 0 Å². The van der Waals surface area contributed by atoms with Crippen molar-refractivity contribution in [1.82, 2.24) is 14.7 Å². The third kappa shape index (κ3) is 1.99. The monoisotopic (exact) mass is 351 g/mol. The molecule has 0 aliphatic rings. The van der Waals surface area contributed by atoms with Crippen molar-refractivity contribution in [2.75, 3.05) is 0 Å². The Morgan fingerprint density at radius 2 is 1.48 bits per heavy atom. The lowest BCUT2D eigenvalue weighted by atomic mass is 10.1. The van der Waals surface area contributed by atoms with Crippen LogP contribution in [0.1, 0.15) is 0 Å². The molecule has 6 aromatic rings. The minimum atomic E-state index is 0.458. The van der Waals surface area contributed by atoms with Gasteiger partial charge in [0.25, 0.3) is 11.8 Å². The van der Waals surface area contributed by atoms with Crippen LogP contribution >= 0.6 is 0 Å². The predicted molar refractivity (Wildman–Crippen MR) is 104 cm³/mol. The second kappa shape index (κ2) is 5.32. The average molecular weight is 351 g/mol. The molecule has 27 heavy (non-hydrogen) atoms. The second-order valence-electron chi connectivity index (χ2n) is 6.40. The molecule has 0 aliphatic heterocycles. The summed E-state index contributed by atoms with van der Waals surface area (Å²) in [6, 6.07) is 25.9. The molecule has 0 radical (unpaired) electrons. The first-order valence-electron chi connectivity index (χ1n) is 8.70. The second-order valence-corrected chi connectivity index (χ2v) is 6.40. The maximum absolute atomic E-state index is 6.18. The standard InChI is InChI=1S/C22H13N3O2/c1-2-8-14(9-3-1)20-23-22(24-27-20)25-17-12-6-4-10-15(17)19-16-11-5-7-13-18(16)26-21(19)25/h1-13H. The highest BCUT2D eigenvalue weighted by Crippen LogP contribution is 2.38. The summed E-state index contributed by atoms with van der Waals surface area (Å²) in [5.41, 5.74) is 3.43. The number of nitrogens with zero attached hydrogens (tertiary/aromatic N) is 3. The Kier molecular flexibility index (Phi) is 2.82. The van der Waals surface area contributed by atoms with Gasteiger partial charge in [0.1, 0.15) is 5.58 Å². The van der Waals surface area contributed by atoms with Crippen molar-refractivity contribution < 1.29 is 8.94 Å². The van der Waals surface area contributed by atoms with E-state index in [0.29, 0.717) is 11.8 Å². The summed E-state index contributed by atoms with van der Waals surface area (Å²) in [6.07, 6.45) is 0. The first kappa shape index (κ1) is 14.3. The Balaban J connectivity index is 1.68. The van der Waals surface area contributed by atoms with Crippen molar-refractivity contribution in [1.29, 1.82) is 0 Å². The van der Waals surface area contributed by atoms with Gasteiger partial charge < -0.3 is 8.94 Å². The minimum absolute atomic E-state index is 0.458. The van der Waals surface area contributed by atoms with Crippen molar-refractivity contribution in [3.8, 4) is 17.4 Å². The number of hydrogen-bond donors (Lipinski definition) is 0. The van der Waals surface area contributed by atoms with Gasteiger partial charge in [-0.2, -0.15) is 4.98 Å². The molecule has 6 rings (SSSR count). The van der Waals surface area contributed by atoms with Crippen LogP contribution in [0.4, 0.5) is 0 Å². The van der Waals surface area contributed by atoms with Gasteiger partial charge >= 0.3 is 0 Å². The Labute approximate surface area is 153 Å². The summed E-state index contributed by atoms with van der Waals surface area (Å²) in [5, 5.41) is 7.46. The molecule has 0 aliphatic carbocycles. The summed E-state index contributed by atoms with van der Waals surface area (Å²) < 4.78 is 13.6. The van der Waals surface area contributed by atoms with Crippen molar-refractivity contribution in [3.63, 3.8) is 0 Å². The average Bonchev–Trinajstić information content (AvgIpc) is 3.41. The van der Waals surface area contributed by atoms with Crippen molar-refractivity contribution in [2.45, 2.75) is 0 Å². The molecule has 0 N–H and O–H groups in total. The molecule has 0 atom stereocenters. The zero-order chi connectivity index (χ0) is 17.8. The molecular weight excluding hydrogens is 338 g/mol. The summed E-state index contributed by atoms with van der Waals surface area (Å²) in [7, 11) is 0. The zero-order valence-corrected chi connectivity index (χ0v) is 14.2. The van der Waals surface area contributed by atoms with Gasteiger partial charge in [0.05, 0.1) is 10.9 Å². The van der Waals surface area contributed by atoms with E-state index < -0.39 is 0 Å². The van der Waals surface area contributed by atoms with Crippen molar-refractivity contribution in [3.05, 3.63) is 78.9 Å². The van der Waals surface area contributed by atoms with Gasteiger partial charge in [-0.1, -0.05) is 54.6 Å². The van der Waals surface area contributed by atoms with Gasteiger partial charge in [-0.05, 0) is 29.4 Å². The van der Waals surface area contributed by atoms with E-state index >= 15 is 0 Å². The molecule has 3 aromatic carbocycles. The van der Waals surface area contributed by atoms with Gasteiger partial charge in [0.2, 0.25) is 5.71 Å². The molecule has 3 aromatic heterocycles. The smallest absolute Gasteiger partial charge is 0.277 e. The highest BCUT2D eigenvalue weighted by molar-refractivity contribution is 6.19. The Hall–Kier alpha value is -3.86. The lowest BCUT2D eigenvalue weighted by molar-refractivity contribution is 0.427. The van der Waals surface area contributed by atoms with Crippen LogP contribution < -0.4 is 0 Å². The van der Waals surface area contributed by atoms with Crippen LogP contribution in [0, 0.1) is 0 Å². The van der Waals surface area contributed by atoms with E-state index in [1.807, 2.05) is 71.3 Å². The Morgan fingerprint density at radius 3 is 2.37 bits per heavy atom. The number of hydrogen-bond acceptors (Lipinski definition) is 4. The maximum atomic E-state index is 6.18. The molecule has 0 saturated carbocycles. The van der Waals surface area contributed by atoms with Crippen LogP contribution in [0.3, 0.4) is 0 Å². The van der Waals surface area contributed by atoms with Crippen LogP contribution in [0.15, 0.2) is 87.8 Å². The number of aromatic nitrogens is 3. The normalized spacial score (nSPS) is 11.7. The number of para-hydroxylation sites is 2. The fraction of sp³-hybridized carbons (Fsp3) is 0. The fourth-order valence-corrected chi connectivity index (χ4v) is 3.64. The molecule has 0 unspecified atom stereocenters. The van der Waals surface area contributed by atoms with E-state index in [1.165, 1.54) is 0 Å². The quantitative estimate of drug-likeness (QED) is 0.409. The number of fused-ring (bicyclic) bond motifs is 5. The molecule has 0 fully saturated rings. The molecule has 0 spiro atoms. The Bertz CT molecular complexity index is 1420. The molecule has 5 heteroatoms. The Morgan fingerprint density at radius 1 is 0.741 bits per heavy atom. The third-order valence-corrected chi connectivity index (χ3v) is 4.83. The van der Waals surface area contributed by atoms with E-state index in [0.717, 1.165) is 38.5 Å². The van der Waals surface area contributed by atoms with Crippen LogP contribution in [-0.4, -0.2) is 14.7 Å². The van der Waals surface area contributed by atoms with Crippen LogP contribution in [0.5, 0.6) is 0 Å². The molecule has 128 valence electrons. The summed E-state index contributed by atoms with van der Waals surface area (Å²) >= 11 is 0. The zero-order valence-electron chi connectivity index (χ0n) is 14.2. The van der Waals surface area contributed by atoms with Gasteiger partial charge in [-0.3, -0.25) is 0 Å². The SMILES string of the molecule is c1ccc(-c2nc(-n3c4ccccc4c4c5ccccc5oc43)no2)cc1. The van der Waals surface area contributed by atoms with Gasteiger partial charge in [-0.15, -0.1) is 0 Å². The van der Waals surface area contributed by atoms with Crippen LogP contribution in [-0.2, 0) is 0 Å². The summed E-state index contributed by atoms with van der Waals surface area (Å²) in [5.74, 6) is 0.937. The van der Waals surface area contributed by atoms with E-state index in [9.17, 15) is 0 Å². The van der Waals surface area contributed by atoms with E-state index in [1.54, 1.807) is 0 Å². The largest absolute Gasteiger partial charge is 0.439 e. The van der Waals surface area contributed by atoms with E-state index in [2.05, 4.69) is 22.3 Å². The minimum Gasteiger partial charge on any atom is -0.439 e. The fourth-order valence-electron chi connectivity index (χ4n) is 3.64. The highest BCUT2D eigenvalue weighted by Gasteiger charge is 2.21. The molecule has 3 heterocycles. The number of benzene rings is 3. The maximum Gasteiger partial charge on any atom is 0.277 e.